The number of fused-ring (bicyclic) bond motifs is 1. The lowest BCUT2D eigenvalue weighted by Gasteiger charge is -2.37. The van der Waals surface area contributed by atoms with E-state index in [1.807, 2.05) is 23.9 Å². The second kappa shape index (κ2) is 8.20. The van der Waals surface area contributed by atoms with Crippen LogP contribution in [0.15, 0.2) is 29.2 Å². The van der Waals surface area contributed by atoms with Crippen molar-refractivity contribution < 1.29 is 0 Å². The van der Waals surface area contributed by atoms with E-state index in [9.17, 15) is 5.73 Å². The molecule has 29 heavy (non-hydrogen) atoms. The fraction of sp³-hybridized carbons (Fsp3) is 0.524. The van der Waals surface area contributed by atoms with Gasteiger partial charge in [-0.3, -0.25) is 0 Å². The molecule has 3 aliphatic rings. The standard InChI is InChI=1S/C21H25ClN6S/c22-15-3-5-17(6-4-15)26-9-11-27(12-10-26)21-24-18-7-13-29-19(18)20(25-21)28-8-1-2-16(23)14-28/h3-6,16H,1-2,7-14H2. The Hall–Kier alpha value is -1.70. The zero-order chi connectivity index (χ0) is 19.8. The van der Waals surface area contributed by atoms with Crippen molar-refractivity contribution in [2.24, 2.45) is 0 Å². The van der Waals surface area contributed by atoms with Gasteiger partial charge in [0.25, 0.3) is 0 Å². The molecule has 1 aromatic heterocycles. The van der Waals surface area contributed by atoms with Gasteiger partial charge in [-0.15, -0.1) is 17.5 Å². The van der Waals surface area contributed by atoms with E-state index < -0.39 is 0 Å². The van der Waals surface area contributed by atoms with Crippen LogP contribution < -0.4 is 20.4 Å². The molecular weight excluding hydrogens is 404 g/mol. The first-order valence-electron chi connectivity index (χ1n) is 10.4. The van der Waals surface area contributed by atoms with Crippen LogP contribution in [0.5, 0.6) is 0 Å². The van der Waals surface area contributed by atoms with Gasteiger partial charge in [-0.2, -0.15) is 4.98 Å². The van der Waals surface area contributed by atoms with Crippen molar-refractivity contribution in [2.45, 2.75) is 30.2 Å². The van der Waals surface area contributed by atoms with E-state index >= 15 is 0 Å². The normalized spacial score (nSPS) is 22.1. The summed E-state index contributed by atoms with van der Waals surface area (Å²) in [4.78, 5) is 18.1. The van der Waals surface area contributed by atoms with Crippen LogP contribution in [0.3, 0.4) is 0 Å². The second-order valence-corrected chi connectivity index (χ2v) is 9.46. The number of hydrogen-bond acceptors (Lipinski definition) is 6. The van der Waals surface area contributed by atoms with Gasteiger partial charge >= 0.3 is 0 Å². The molecular formula is C21H25ClN6S. The van der Waals surface area contributed by atoms with Crippen LogP contribution in [-0.2, 0) is 6.42 Å². The van der Waals surface area contributed by atoms with Crippen molar-refractivity contribution in [2.75, 3.05) is 59.7 Å². The summed E-state index contributed by atoms with van der Waals surface area (Å²) in [5, 5.41) is 0.771. The smallest absolute Gasteiger partial charge is 0.227 e. The van der Waals surface area contributed by atoms with E-state index in [2.05, 4.69) is 26.8 Å². The molecule has 0 amide bonds. The predicted molar refractivity (Wildman–Crippen MR) is 120 cm³/mol. The number of halogens is 1. The second-order valence-electron chi connectivity index (χ2n) is 7.91. The van der Waals surface area contributed by atoms with E-state index in [1.54, 1.807) is 0 Å². The lowest BCUT2D eigenvalue weighted by molar-refractivity contribution is 0.490. The number of aryl methyl sites for hydroxylation is 1. The van der Waals surface area contributed by atoms with Crippen molar-refractivity contribution in [1.29, 1.82) is 0 Å². The van der Waals surface area contributed by atoms with Gasteiger partial charge in [-0.1, -0.05) is 11.6 Å². The molecule has 0 N–H and O–H groups in total. The Labute approximate surface area is 181 Å². The van der Waals surface area contributed by atoms with Crippen LogP contribution in [0.1, 0.15) is 18.5 Å². The molecule has 2 saturated heterocycles. The van der Waals surface area contributed by atoms with Crippen LogP contribution in [0.25, 0.3) is 0 Å². The highest BCUT2D eigenvalue weighted by atomic mass is 35.5. The summed E-state index contributed by atoms with van der Waals surface area (Å²) in [6, 6.07) is 7.81. The molecule has 0 spiro atoms. The van der Waals surface area contributed by atoms with Gasteiger partial charge in [0.1, 0.15) is 5.82 Å². The van der Waals surface area contributed by atoms with Crippen molar-refractivity contribution in [1.82, 2.24) is 15.7 Å². The lowest BCUT2D eigenvalue weighted by atomic mass is 10.1. The van der Waals surface area contributed by atoms with Crippen molar-refractivity contribution in [3.05, 3.63) is 35.0 Å². The minimum atomic E-state index is -0.257. The van der Waals surface area contributed by atoms with Gasteiger partial charge in [0.05, 0.1) is 16.6 Å². The maximum atomic E-state index is 10.1. The number of hydrogen-bond donors (Lipinski definition) is 0. The van der Waals surface area contributed by atoms with Crippen LogP contribution in [0, 0.1) is 0 Å². The Balaban J connectivity index is 1.35. The number of anilines is 3. The third kappa shape index (κ3) is 4.00. The molecule has 4 heterocycles. The summed E-state index contributed by atoms with van der Waals surface area (Å²) < 4.78 is 0. The first-order valence-corrected chi connectivity index (χ1v) is 11.8. The summed E-state index contributed by atoms with van der Waals surface area (Å²) in [5.41, 5.74) is 12.5. The summed E-state index contributed by atoms with van der Waals surface area (Å²) in [5.74, 6) is 2.95. The van der Waals surface area contributed by atoms with E-state index in [0.29, 0.717) is 6.54 Å². The molecule has 2 aromatic rings. The minimum absolute atomic E-state index is 0.257. The summed E-state index contributed by atoms with van der Waals surface area (Å²) in [7, 11) is 0. The maximum absolute atomic E-state index is 10.1. The Morgan fingerprint density at radius 3 is 2.48 bits per heavy atom. The van der Waals surface area contributed by atoms with Gasteiger partial charge in [0.15, 0.2) is 0 Å². The molecule has 6 nitrogen and oxygen atoms in total. The zero-order valence-electron chi connectivity index (χ0n) is 16.4. The number of thioether (sulfide) groups is 1. The monoisotopic (exact) mass is 428 g/mol. The number of nitrogens with zero attached hydrogens (tertiary/aromatic N) is 6. The van der Waals surface area contributed by atoms with Gasteiger partial charge in [-0.05, 0) is 37.1 Å². The number of benzene rings is 1. The Morgan fingerprint density at radius 2 is 1.72 bits per heavy atom. The average Bonchev–Trinajstić information content (AvgIpc) is 3.22. The molecule has 2 radical (unpaired) electrons. The highest BCUT2D eigenvalue weighted by Crippen LogP contribution is 2.39. The van der Waals surface area contributed by atoms with Gasteiger partial charge in [-0.25, -0.2) is 4.98 Å². The number of rotatable bonds is 3. The summed E-state index contributed by atoms with van der Waals surface area (Å²) >= 11 is 7.88. The topological polar surface area (TPSA) is 57.8 Å². The van der Waals surface area contributed by atoms with E-state index in [0.717, 1.165) is 74.5 Å². The first kappa shape index (κ1) is 19.3. The Morgan fingerprint density at radius 1 is 0.966 bits per heavy atom. The van der Waals surface area contributed by atoms with Crippen molar-refractivity contribution in [3.8, 4) is 0 Å². The Kier molecular flexibility index (Phi) is 5.45. The quantitative estimate of drug-likeness (QED) is 0.748. The molecule has 8 heteroatoms. The number of piperazine rings is 1. The lowest BCUT2D eigenvalue weighted by Crippen LogP contribution is -2.47. The third-order valence-corrected chi connectivity index (χ3v) is 7.31. The first-order chi connectivity index (χ1) is 14.2. The fourth-order valence-electron chi connectivity index (χ4n) is 4.36. The Bertz CT molecular complexity index is 868. The van der Waals surface area contributed by atoms with Crippen molar-refractivity contribution in [3.63, 3.8) is 0 Å². The fourth-order valence-corrected chi connectivity index (χ4v) is 5.60. The van der Waals surface area contributed by atoms with Crippen LogP contribution >= 0.6 is 23.4 Å². The molecule has 0 aliphatic carbocycles. The summed E-state index contributed by atoms with van der Waals surface area (Å²) in [6.45, 7) is 5.31. The highest BCUT2D eigenvalue weighted by molar-refractivity contribution is 7.99. The highest BCUT2D eigenvalue weighted by Gasteiger charge is 2.29. The maximum Gasteiger partial charge on any atom is 0.227 e. The molecule has 1 aromatic carbocycles. The molecule has 0 bridgehead atoms. The van der Waals surface area contributed by atoms with Crippen LogP contribution in [0.4, 0.5) is 17.5 Å². The minimum Gasteiger partial charge on any atom is -0.368 e. The average molecular weight is 429 g/mol. The van der Waals surface area contributed by atoms with E-state index in [-0.39, 0.29) is 6.04 Å². The SMILES string of the molecule is [N]C1CCCN(c2nc(N3CCN(c4ccc(Cl)cc4)CC3)nc3c2SCC3)C1. The summed E-state index contributed by atoms with van der Waals surface area (Å²) in [6.07, 6.45) is 2.90. The molecule has 152 valence electrons. The molecule has 2 fully saturated rings. The molecule has 3 aliphatic heterocycles. The number of aromatic nitrogens is 2. The zero-order valence-corrected chi connectivity index (χ0v) is 18.0. The van der Waals surface area contributed by atoms with Crippen molar-refractivity contribution >= 4 is 40.8 Å². The largest absolute Gasteiger partial charge is 0.368 e. The van der Waals surface area contributed by atoms with E-state index in [4.69, 9.17) is 21.6 Å². The third-order valence-electron chi connectivity index (χ3n) is 5.94. The van der Waals surface area contributed by atoms with Gasteiger partial charge < -0.3 is 14.7 Å². The van der Waals surface area contributed by atoms with E-state index in [1.165, 1.54) is 16.3 Å². The number of piperidine rings is 1. The predicted octanol–water partition coefficient (Wildman–Crippen LogP) is 3.14. The van der Waals surface area contributed by atoms with Crippen LogP contribution in [-0.4, -0.2) is 61.0 Å². The molecule has 1 atom stereocenters. The van der Waals surface area contributed by atoms with Gasteiger partial charge in [0.2, 0.25) is 5.95 Å². The van der Waals surface area contributed by atoms with Gasteiger partial charge in [0, 0.05) is 62.2 Å². The molecule has 5 rings (SSSR count). The molecule has 0 saturated carbocycles. The molecule has 1 unspecified atom stereocenters. The van der Waals surface area contributed by atoms with Crippen LogP contribution in [0.2, 0.25) is 5.02 Å².